The van der Waals surface area contributed by atoms with Crippen molar-refractivity contribution in [1.82, 2.24) is 4.90 Å². The van der Waals surface area contributed by atoms with E-state index in [1.165, 1.54) is 25.1 Å². The second kappa shape index (κ2) is 3.15. The van der Waals surface area contributed by atoms with Crippen LogP contribution in [0.3, 0.4) is 0 Å². The van der Waals surface area contributed by atoms with Crippen LogP contribution in [0.15, 0.2) is 24.3 Å². The minimum atomic E-state index is 0.202. The van der Waals surface area contributed by atoms with Crippen molar-refractivity contribution in [2.75, 3.05) is 13.1 Å². The average Bonchev–Trinajstić information content (AvgIpc) is 2.02. The van der Waals surface area contributed by atoms with Gasteiger partial charge in [-0.05, 0) is 31.9 Å². The van der Waals surface area contributed by atoms with Gasteiger partial charge in [0, 0.05) is 18.6 Å². The molecule has 0 bridgehead atoms. The lowest BCUT2D eigenvalue weighted by Gasteiger charge is -2.45. The predicted octanol–water partition coefficient (Wildman–Crippen LogP) is 2.43. The van der Waals surface area contributed by atoms with Crippen LogP contribution in [-0.4, -0.2) is 18.0 Å². The molecule has 1 aliphatic rings. The molecule has 0 aromatic heterocycles. The SMILES string of the molecule is CC(C)(c1cc[c]cc1)N1CCC1. The molecule has 1 radical (unpaired) electrons. The van der Waals surface area contributed by atoms with Crippen molar-refractivity contribution >= 4 is 0 Å². The van der Waals surface area contributed by atoms with Gasteiger partial charge < -0.3 is 0 Å². The summed E-state index contributed by atoms with van der Waals surface area (Å²) in [6, 6.07) is 11.4. The van der Waals surface area contributed by atoms with Crippen LogP contribution in [0.2, 0.25) is 0 Å². The molecule has 2 rings (SSSR count). The lowest BCUT2D eigenvalue weighted by molar-refractivity contribution is 0.0533. The number of rotatable bonds is 2. The van der Waals surface area contributed by atoms with Gasteiger partial charge in [-0.2, -0.15) is 0 Å². The first kappa shape index (κ1) is 8.76. The molecule has 0 unspecified atom stereocenters. The number of benzene rings is 1. The van der Waals surface area contributed by atoms with Crippen LogP contribution in [-0.2, 0) is 5.54 Å². The van der Waals surface area contributed by atoms with Gasteiger partial charge in [-0.3, -0.25) is 4.90 Å². The Kier molecular flexibility index (Phi) is 2.12. The van der Waals surface area contributed by atoms with Gasteiger partial charge in [0.25, 0.3) is 0 Å². The molecule has 69 valence electrons. The number of hydrogen-bond acceptors (Lipinski definition) is 1. The van der Waals surface area contributed by atoms with Crippen molar-refractivity contribution in [3.05, 3.63) is 35.9 Å². The van der Waals surface area contributed by atoms with Gasteiger partial charge in [-0.1, -0.05) is 24.3 Å². The van der Waals surface area contributed by atoms with E-state index in [0.29, 0.717) is 0 Å². The largest absolute Gasteiger partial charge is 0.294 e. The van der Waals surface area contributed by atoms with Gasteiger partial charge in [0.15, 0.2) is 0 Å². The van der Waals surface area contributed by atoms with Gasteiger partial charge in [-0.15, -0.1) is 0 Å². The van der Waals surface area contributed by atoms with Gasteiger partial charge in [-0.25, -0.2) is 0 Å². The second-order valence-electron chi connectivity index (χ2n) is 4.19. The van der Waals surface area contributed by atoms with E-state index in [9.17, 15) is 0 Å². The Bertz CT molecular complexity index is 272. The van der Waals surface area contributed by atoms with Crippen molar-refractivity contribution in [3.8, 4) is 0 Å². The molecule has 0 atom stereocenters. The summed E-state index contributed by atoms with van der Waals surface area (Å²) in [5, 5.41) is 0. The topological polar surface area (TPSA) is 3.24 Å². The minimum Gasteiger partial charge on any atom is -0.294 e. The van der Waals surface area contributed by atoms with Gasteiger partial charge in [0.05, 0.1) is 0 Å². The molecule has 1 saturated heterocycles. The van der Waals surface area contributed by atoms with Crippen molar-refractivity contribution in [2.24, 2.45) is 0 Å². The van der Waals surface area contributed by atoms with E-state index < -0.39 is 0 Å². The van der Waals surface area contributed by atoms with Gasteiger partial charge >= 0.3 is 0 Å². The first-order valence-corrected chi connectivity index (χ1v) is 4.93. The van der Waals surface area contributed by atoms with Crippen LogP contribution in [0.1, 0.15) is 25.8 Å². The zero-order valence-corrected chi connectivity index (χ0v) is 8.38. The molecule has 1 heterocycles. The predicted molar refractivity (Wildman–Crippen MR) is 54.5 cm³/mol. The van der Waals surface area contributed by atoms with E-state index in [4.69, 9.17) is 0 Å². The highest BCUT2D eigenvalue weighted by molar-refractivity contribution is 5.22. The van der Waals surface area contributed by atoms with Gasteiger partial charge in [0.1, 0.15) is 0 Å². The van der Waals surface area contributed by atoms with Crippen LogP contribution >= 0.6 is 0 Å². The molecule has 1 heteroatoms. The highest BCUT2D eigenvalue weighted by Crippen LogP contribution is 2.31. The van der Waals surface area contributed by atoms with E-state index in [1.807, 2.05) is 12.1 Å². The lowest BCUT2D eigenvalue weighted by Crippen LogP contribution is -2.49. The third-order valence-corrected chi connectivity index (χ3v) is 3.07. The molecular weight excluding hydrogens is 158 g/mol. The first-order chi connectivity index (χ1) is 6.21. The maximum atomic E-state index is 3.06. The summed E-state index contributed by atoms with van der Waals surface area (Å²) in [4.78, 5) is 2.52. The van der Waals surface area contributed by atoms with E-state index >= 15 is 0 Å². The summed E-state index contributed by atoms with van der Waals surface area (Å²) in [5.74, 6) is 0. The summed E-state index contributed by atoms with van der Waals surface area (Å²) in [6.07, 6.45) is 1.35. The van der Waals surface area contributed by atoms with Crippen molar-refractivity contribution in [3.63, 3.8) is 0 Å². The van der Waals surface area contributed by atoms with Crippen LogP contribution in [0, 0.1) is 6.07 Å². The van der Waals surface area contributed by atoms with Crippen LogP contribution in [0.25, 0.3) is 0 Å². The fourth-order valence-corrected chi connectivity index (χ4v) is 1.85. The Morgan fingerprint density at radius 2 is 1.85 bits per heavy atom. The van der Waals surface area contributed by atoms with Crippen LogP contribution in [0.4, 0.5) is 0 Å². The van der Waals surface area contributed by atoms with Crippen LogP contribution in [0.5, 0.6) is 0 Å². The van der Waals surface area contributed by atoms with Crippen molar-refractivity contribution in [1.29, 1.82) is 0 Å². The van der Waals surface area contributed by atoms with E-state index in [1.54, 1.807) is 0 Å². The molecule has 0 spiro atoms. The van der Waals surface area contributed by atoms with Crippen molar-refractivity contribution < 1.29 is 0 Å². The molecule has 1 nitrogen and oxygen atoms in total. The lowest BCUT2D eigenvalue weighted by atomic mass is 9.89. The monoisotopic (exact) mass is 174 g/mol. The van der Waals surface area contributed by atoms with E-state index in [2.05, 4.69) is 36.9 Å². The number of likely N-dealkylation sites (tertiary alicyclic amines) is 1. The normalized spacial score (nSPS) is 18.3. The summed E-state index contributed by atoms with van der Waals surface area (Å²) >= 11 is 0. The van der Waals surface area contributed by atoms with Crippen molar-refractivity contribution in [2.45, 2.75) is 25.8 Å². The Labute approximate surface area is 80.4 Å². The molecular formula is C12H16N. The fourth-order valence-electron chi connectivity index (χ4n) is 1.85. The average molecular weight is 174 g/mol. The van der Waals surface area contributed by atoms with Crippen LogP contribution < -0.4 is 0 Å². The quantitative estimate of drug-likeness (QED) is 0.665. The maximum Gasteiger partial charge on any atom is 0.0404 e. The first-order valence-electron chi connectivity index (χ1n) is 4.93. The molecule has 1 aliphatic heterocycles. The minimum absolute atomic E-state index is 0.202. The molecule has 1 aromatic carbocycles. The maximum absolute atomic E-state index is 3.06. The third-order valence-electron chi connectivity index (χ3n) is 3.07. The molecule has 0 amide bonds. The molecule has 13 heavy (non-hydrogen) atoms. The number of nitrogens with zero attached hydrogens (tertiary/aromatic N) is 1. The molecule has 0 N–H and O–H groups in total. The molecule has 0 saturated carbocycles. The third kappa shape index (κ3) is 1.49. The summed E-state index contributed by atoms with van der Waals surface area (Å²) < 4.78 is 0. The Hall–Kier alpha value is -0.820. The smallest absolute Gasteiger partial charge is 0.0404 e. The molecule has 1 aromatic rings. The Morgan fingerprint density at radius 3 is 2.31 bits per heavy atom. The highest BCUT2D eigenvalue weighted by Gasteiger charge is 2.31. The summed E-state index contributed by atoms with van der Waals surface area (Å²) in [5.41, 5.74) is 1.60. The summed E-state index contributed by atoms with van der Waals surface area (Å²) in [6.45, 7) is 7.07. The molecule has 0 aliphatic carbocycles. The Morgan fingerprint density at radius 1 is 1.23 bits per heavy atom. The second-order valence-corrected chi connectivity index (χ2v) is 4.19. The zero-order chi connectivity index (χ0) is 9.31. The zero-order valence-electron chi connectivity index (χ0n) is 8.38. The fraction of sp³-hybridized carbons (Fsp3) is 0.500. The number of hydrogen-bond donors (Lipinski definition) is 0. The van der Waals surface area contributed by atoms with E-state index in [0.717, 1.165) is 0 Å². The standard InChI is InChI=1S/C12H16N/c1-12(2,13-9-6-10-13)11-7-4-3-5-8-11/h4-5,7-8H,6,9-10H2,1-2H3. The van der Waals surface area contributed by atoms with E-state index in [-0.39, 0.29) is 5.54 Å². The summed E-state index contributed by atoms with van der Waals surface area (Å²) in [7, 11) is 0. The molecule has 1 fully saturated rings. The Balaban J connectivity index is 2.23. The van der Waals surface area contributed by atoms with Gasteiger partial charge in [0.2, 0.25) is 0 Å². The highest BCUT2D eigenvalue weighted by atomic mass is 15.2.